The Kier molecular flexibility index (Phi) is 6.29. The molecule has 20 heavy (non-hydrogen) atoms. The summed E-state index contributed by atoms with van der Waals surface area (Å²) in [5.74, 6) is -0.489. The molecule has 0 unspecified atom stereocenters. The third-order valence-corrected chi connectivity index (χ3v) is 2.51. The molecule has 2 N–H and O–H groups in total. The molecule has 5 heteroatoms. The predicted molar refractivity (Wildman–Crippen MR) is 77.9 cm³/mol. The Morgan fingerprint density at radius 2 is 1.90 bits per heavy atom. The number of hydrogen-bond acceptors (Lipinski definition) is 5. The van der Waals surface area contributed by atoms with Crippen molar-refractivity contribution in [1.82, 2.24) is 0 Å². The fraction of sp³-hybridized carbons (Fsp3) is 0.333. The summed E-state index contributed by atoms with van der Waals surface area (Å²) < 4.78 is 4.94. The molecule has 0 spiro atoms. The summed E-state index contributed by atoms with van der Waals surface area (Å²) in [6, 6.07) is 9.63. The number of ether oxygens (including phenoxy) is 1. The zero-order valence-electron chi connectivity index (χ0n) is 12.1. The number of nitrogens with zero attached hydrogens (tertiary/aromatic N) is 1. The largest absolute Gasteiger partial charge is 0.462 e. The molecule has 1 rings (SSSR count). The van der Waals surface area contributed by atoms with E-state index in [-0.39, 0.29) is 12.2 Å². The van der Waals surface area contributed by atoms with E-state index in [1.807, 2.05) is 30.3 Å². The van der Waals surface area contributed by atoms with Crippen molar-refractivity contribution >= 4 is 11.7 Å². The van der Waals surface area contributed by atoms with Crippen LogP contribution in [0.1, 0.15) is 26.3 Å². The molecule has 0 amide bonds. The minimum absolute atomic E-state index is 0.250. The van der Waals surface area contributed by atoms with E-state index in [4.69, 9.17) is 15.3 Å². The van der Waals surface area contributed by atoms with Crippen LogP contribution in [-0.4, -0.2) is 18.3 Å². The maximum atomic E-state index is 11.8. The van der Waals surface area contributed by atoms with E-state index in [0.29, 0.717) is 18.0 Å². The van der Waals surface area contributed by atoms with Gasteiger partial charge in [-0.15, -0.1) is 0 Å². The maximum absolute atomic E-state index is 11.8. The molecule has 0 saturated heterocycles. The molecular weight excluding hydrogens is 256 g/mol. The SMILES string of the molecule is CCOC(=O)C(/C(C)=N\OCc1ccccc1)=C(\C)N. The van der Waals surface area contributed by atoms with Crippen LogP contribution in [0.5, 0.6) is 0 Å². The lowest BCUT2D eigenvalue weighted by molar-refractivity contribution is -0.137. The van der Waals surface area contributed by atoms with Gasteiger partial charge in [0.25, 0.3) is 0 Å². The smallest absolute Gasteiger partial charge is 0.341 e. The molecule has 0 saturated carbocycles. The van der Waals surface area contributed by atoms with Gasteiger partial charge in [0, 0.05) is 5.70 Å². The van der Waals surface area contributed by atoms with Crippen LogP contribution in [0.3, 0.4) is 0 Å². The highest BCUT2D eigenvalue weighted by molar-refractivity contribution is 6.19. The van der Waals surface area contributed by atoms with Crippen molar-refractivity contribution in [2.24, 2.45) is 10.9 Å². The molecule has 0 radical (unpaired) electrons. The zero-order valence-corrected chi connectivity index (χ0v) is 12.1. The first-order chi connectivity index (χ1) is 9.56. The number of allylic oxidation sites excluding steroid dienone is 1. The molecular formula is C15H20N2O3. The highest BCUT2D eigenvalue weighted by atomic mass is 16.6. The minimum Gasteiger partial charge on any atom is -0.462 e. The highest BCUT2D eigenvalue weighted by Crippen LogP contribution is 2.07. The number of hydrogen-bond donors (Lipinski definition) is 1. The summed E-state index contributed by atoms with van der Waals surface area (Å²) in [5, 5.41) is 3.92. The van der Waals surface area contributed by atoms with Gasteiger partial charge >= 0.3 is 5.97 Å². The van der Waals surface area contributed by atoms with E-state index >= 15 is 0 Å². The summed E-state index contributed by atoms with van der Waals surface area (Å²) in [5.41, 5.74) is 7.70. The first kappa shape index (κ1) is 15.8. The molecule has 0 aliphatic rings. The standard InChI is InChI=1S/C15H20N2O3/c1-4-19-15(18)14(11(2)16)12(3)17-20-10-13-8-6-5-7-9-13/h5-9H,4,10,16H2,1-3H3/b14-11+,17-12-. The van der Waals surface area contributed by atoms with Crippen LogP contribution < -0.4 is 5.73 Å². The van der Waals surface area contributed by atoms with Crippen molar-refractivity contribution in [3.05, 3.63) is 47.2 Å². The van der Waals surface area contributed by atoms with Gasteiger partial charge in [-0.2, -0.15) is 0 Å². The second-order valence-electron chi connectivity index (χ2n) is 4.21. The van der Waals surface area contributed by atoms with Crippen LogP contribution in [0.15, 0.2) is 46.8 Å². The van der Waals surface area contributed by atoms with Gasteiger partial charge in [-0.1, -0.05) is 35.5 Å². The fourth-order valence-corrected chi connectivity index (χ4v) is 1.62. The van der Waals surface area contributed by atoms with E-state index < -0.39 is 5.97 Å². The summed E-state index contributed by atoms with van der Waals surface area (Å²) >= 11 is 0. The number of esters is 1. The van der Waals surface area contributed by atoms with Gasteiger partial charge in [0.1, 0.15) is 12.2 Å². The molecule has 0 heterocycles. The lowest BCUT2D eigenvalue weighted by Crippen LogP contribution is -2.18. The van der Waals surface area contributed by atoms with Gasteiger partial charge in [0.2, 0.25) is 0 Å². The molecule has 0 atom stereocenters. The number of rotatable bonds is 6. The van der Waals surface area contributed by atoms with Crippen molar-refractivity contribution in [1.29, 1.82) is 0 Å². The average Bonchev–Trinajstić information content (AvgIpc) is 2.40. The Bertz CT molecular complexity index is 503. The van der Waals surface area contributed by atoms with Crippen LogP contribution in [-0.2, 0) is 21.0 Å². The van der Waals surface area contributed by atoms with Gasteiger partial charge in [-0.05, 0) is 26.3 Å². The molecule has 1 aromatic carbocycles. The van der Waals surface area contributed by atoms with E-state index in [2.05, 4.69) is 5.16 Å². The molecule has 5 nitrogen and oxygen atoms in total. The first-order valence-electron chi connectivity index (χ1n) is 6.40. The van der Waals surface area contributed by atoms with Gasteiger partial charge < -0.3 is 15.3 Å². The van der Waals surface area contributed by atoms with Gasteiger partial charge in [-0.25, -0.2) is 4.79 Å². The number of benzene rings is 1. The van der Waals surface area contributed by atoms with E-state index in [0.717, 1.165) is 5.56 Å². The Morgan fingerprint density at radius 1 is 1.25 bits per heavy atom. The van der Waals surface area contributed by atoms with Crippen molar-refractivity contribution in [2.45, 2.75) is 27.4 Å². The highest BCUT2D eigenvalue weighted by Gasteiger charge is 2.17. The Labute approximate surface area is 119 Å². The summed E-state index contributed by atoms with van der Waals surface area (Å²) in [6.07, 6.45) is 0. The van der Waals surface area contributed by atoms with Gasteiger partial charge in [0.15, 0.2) is 0 Å². The molecule has 0 bridgehead atoms. The van der Waals surface area contributed by atoms with E-state index in [1.165, 1.54) is 0 Å². The normalized spacial score (nSPS) is 12.7. The molecule has 0 aliphatic heterocycles. The lowest BCUT2D eigenvalue weighted by Gasteiger charge is -2.08. The number of carbonyl (C=O) groups is 1. The minimum atomic E-state index is -0.489. The monoisotopic (exact) mass is 276 g/mol. The summed E-state index contributed by atoms with van der Waals surface area (Å²) in [4.78, 5) is 17.0. The third kappa shape index (κ3) is 4.76. The van der Waals surface area contributed by atoms with Crippen molar-refractivity contribution < 1.29 is 14.4 Å². The molecule has 0 fully saturated rings. The van der Waals surface area contributed by atoms with Crippen molar-refractivity contribution in [3.8, 4) is 0 Å². The quantitative estimate of drug-likeness (QED) is 0.374. The Balaban J connectivity index is 2.71. The van der Waals surface area contributed by atoms with Crippen LogP contribution in [0, 0.1) is 0 Å². The maximum Gasteiger partial charge on any atom is 0.341 e. The zero-order chi connectivity index (χ0) is 15.0. The number of nitrogens with two attached hydrogens (primary N) is 1. The molecule has 0 aromatic heterocycles. The van der Waals surface area contributed by atoms with Crippen LogP contribution in [0.25, 0.3) is 0 Å². The Morgan fingerprint density at radius 3 is 2.45 bits per heavy atom. The first-order valence-corrected chi connectivity index (χ1v) is 6.40. The van der Waals surface area contributed by atoms with Crippen LogP contribution >= 0.6 is 0 Å². The predicted octanol–water partition coefficient (Wildman–Crippen LogP) is 2.37. The van der Waals surface area contributed by atoms with E-state index in [9.17, 15) is 4.79 Å². The lowest BCUT2D eigenvalue weighted by atomic mass is 10.1. The molecule has 0 aliphatic carbocycles. The van der Waals surface area contributed by atoms with Crippen molar-refractivity contribution in [2.75, 3.05) is 6.61 Å². The Hall–Kier alpha value is -2.30. The van der Waals surface area contributed by atoms with Crippen molar-refractivity contribution in [3.63, 3.8) is 0 Å². The second-order valence-corrected chi connectivity index (χ2v) is 4.21. The number of carbonyl (C=O) groups excluding carboxylic acids is 1. The van der Waals surface area contributed by atoms with Gasteiger partial charge in [-0.3, -0.25) is 0 Å². The molecule has 1 aromatic rings. The van der Waals surface area contributed by atoms with Crippen LogP contribution in [0.4, 0.5) is 0 Å². The third-order valence-electron chi connectivity index (χ3n) is 2.51. The van der Waals surface area contributed by atoms with Crippen LogP contribution in [0.2, 0.25) is 0 Å². The fourth-order valence-electron chi connectivity index (χ4n) is 1.62. The summed E-state index contributed by atoms with van der Waals surface area (Å²) in [7, 11) is 0. The second kappa shape index (κ2) is 7.99. The number of oxime groups is 1. The average molecular weight is 276 g/mol. The topological polar surface area (TPSA) is 73.9 Å². The summed E-state index contributed by atoms with van der Waals surface area (Å²) in [6.45, 7) is 5.64. The van der Waals surface area contributed by atoms with E-state index in [1.54, 1.807) is 20.8 Å². The molecule has 108 valence electrons. The van der Waals surface area contributed by atoms with Gasteiger partial charge in [0.05, 0.1) is 12.3 Å².